The lowest BCUT2D eigenvalue weighted by molar-refractivity contribution is -0.120. The van der Waals surface area contributed by atoms with Crippen LogP contribution in [0.15, 0.2) is 35.7 Å². The second-order valence-corrected chi connectivity index (χ2v) is 6.18. The minimum absolute atomic E-state index is 0.0447. The van der Waals surface area contributed by atoms with Gasteiger partial charge in [-0.1, -0.05) is 38.0 Å². The van der Waals surface area contributed by atoms with Crippen molar-refractivity contribution in [2.75, 3.05) is 17.2 Å². The van der Waals surface area contributed by atoms with E-state index >= 15 is 0 Å². The predicted molar refractivity (Wildman–Crippen MR) is 97.4 cm³/mol. The van der Waals surface area contributed by atoms with Crippen molar-refractivity contribution in [2.24, 2.45) is 0 Å². The van der Waals surface area contributed by atoms with Gasteiger partial charge in [0.15, 0.2) is 5.13 Å². The van der Waals surface area contributed by atoms with Gasteiger partial charge < -0.3 is 10.6 Å². The molecule has 0 fully saturated rings. The van der Waals surface area contributed by atoms with Gasteiger partial charge in [-0.2, -0.15) is 0 Å². The molecule has 0 atom stereocenters. The number of amides is 3. The fourth-order valence-corrected chi connectivity index (χ4v) is 2.76. The molecule has 0 saturated heterocycles. The number of nitrogens with one attached hydrogen (secondary N) is 3. The lowest BCUT2D eigenvalue weighted by Gasteiger charge is -2.04. The number of thiazole rings is 1. The minimum atomic E-state index is -0.355. The summed E-state index contributed by atoms with van der Waals surface area (Å²) in [5.74, 6) is -0.0447. The van der Waals surface area contributed by atoms with E-state index < -0.39 is 0 Å². The summed E-state index contributed by atoms with van der Waals surface area (Å²) in [4.78, 5) is 27.9. The summed E-state index contributed by atoms with van der Waals surface area (Å²) in [5.41, 5.74) is 1.36. The van der Waals surface area contributed by atoms with Crippen LogP contribution >= 0.6 is 11.3 Å². The average Bonchev–Trinajstić information content (AvgIpc) is 2.99. The SMILES string of the molecule is CCCCCNC(=O)Cc1csc(NC(=O)Nc2ccccc2)n1. The van der Waals surface area contributed by atoms with Crippen molar-refractivity contribution in [3.63, 3.8) is 0 Å². The van der Waals surface area contributed by atoms with Crippen LogP contribution in [-0.4, -0.2) is 23.5 Å². The first-order valence-corrected chi connectivity index (χ1v) is 8.89. The molecule has 0 unspecified atom stereocenters. The van der Waals surface area contributed by atoms with Gasteiger partial charge in [0.2, 0.25) is 5.91 Å². The lowest BCUT2D eigenvalue weighted by atomic mass is 10.2. The third-order valence-corrected chi connectivity index (χ3v) is 4.05. The summed E-state index contributed by atoms with van der Waals surface area (Å²) in [7, 11) is 0. The molecule has 0 aliphatic carbocycles. The van der Waals surface area contributed by atoms with E-state index in [9.17, 15) is 9.59 Å². The van der Waals surface area contributed by atoms with Crippen LogP contribution in [-0.2, 0) is 11.2 Å². The second-order valence-electron chi connectivity index (χ2n) is 5.32. The van der Waals surface area contributed by atoms with Crippen molar-refractivity contribution in [2.45, 2.75) is 32.6 Å². The Morgan fingerprint density at radius 3 is 2.67 bits per heavy atom. The van der Waals surface area contributed by atoms with Crippen molar-refractivity contribution in [3.05, 3.63) is 41.4 Å². The zero-order chi connectivity index (χ0) is 17.2. The average molecular weight is 346 g/mol. The molecule has 1 aromatic carbocycles. The van der Waals surface area contributed by atoms with Gasteiger partial charge in [-0.25, -0.2) is 9.78 Å². The van der Waals surface area contributed by atoms with Crippen LogP contribution in [0.3, 0.4) is 0 Å². The summed E-state index contributed by atoms with van der Waals surface area (Å²) in [5, 5.41) is 10.5. The van der Waals surface area contributed by atoms with E-state index in [0.717, 1.165) is 19.3 Å². The molecule has 0 saturated carbocycles. The monoisotopic (exact) mass is 346 g/mol. The quantitative estimate of drug-likeness (QED) is 0.638. The molecule has 3 N–H and O–H groups in total. The van der Waals surface area contributed by atoms with Crippen molar-refractivity contribution in [1.29, 1.82) is 0 Å². The van der Waals surface area contributed by atoms with Gasteiger partial charge in [0.25, 0.3) is 0 Å². The molecule has 0 aliphatic rings. The van der Waals surface area contributed by atoms with Crippen molar-refractivity contribution in [3.8, 4) is 0 Å². The first-order valence-electron chi connectivity index (χ1n) is 8.01. The number of carbonyl (C=O) groups is 2. The van der Waals surface area contributed by atoms with Gasteiger partial charge in [0, 0.05) is 17.6 Å². The van der Waals surface area contributed by atoms with Crippen LogP contribution in [0.1, 0.15) is 31.9 Å². The summed E-state index contributed by atoms with van der Waals surface area (Å²) in [6.07, 6.45) is 3.46. The topological polar surface area (TPSA) is 83.1 Å². The number of rotatable bonds is 8. The summed E-state index contributed by atoms with van der Waals surface area (Å²) in [6.45, 7) is 2.82. The van der Waals surface area contributed by atoms with Crippen molar-refractivity contribution >= 4 is 34.1 Å². The molecule has 0 spiro atoms. The largest absolute Gasteiger partial charge is 0.356 e. The molecule has 0 bridgehead atoms. The highest BCUT2D eigenvalue weighted by atomic mass is 32.1. The first kappa shape index (κ1) is 17.9. The van der Waals surface area contributed by atoms with Crippen LogP contribution in [0.2, 0.25) is 0 Å². The van der Waals surface area contributed by atoms with Gasteiger partial charge in [-0.05, 0) is 18.6 Å². The van der Waals surface area contributed by atoms with Crippen molar-refractivity contribution in [1.82, 2.24) is 10.3 Å². The van der Waals surface area contributed by atoms with Crippen molar-refractivity contribution < 1.29 is 9.59 Å². The van der Waals surface area contributed by atoms with E-state index in [-0.39, 0.29) is 18.4 Å². The summed E-state index contributed by atoms with van der Waals surface area (Å²) < 4.78 is 0. The van der Waals surface area contributed by atoms with Gasteiger partial charge >= 0.3 is 6.03 Å². The smallest absolute Gasteiger partial charge is 0.325 e. The molecule has 1 aromatic heterocycles. The Morgan fingerprint density at radius 2 is 1.92 bits per heavy atom. The maximum Gasteiger partial charge on any atom is 0.325 e. The number of carbonyl (C=O) groups excluding carboxylic acids is 2. The number of aromatic nitrogens is 1. The van der Waals surface area contributed by atoms with Crippen LogP contribution in [0, 0.1) is 0 Å². The normalized spacial score (nSPS) is 10.2. The molecule has 24 heavy (non-hydrogen) atoms. The Morgan fingerprint density at radius 1 is 1.12 bits per heavy atom. The molecule has 6 nitrogen and oxygen atoms in total. The van der Waals surface area contributed by atoms with E-state index in [2.05, 4.69) is 27.9 Å². The molecule has 7 heteroatoms. The second kappa shape index (κ2) is 9.67. The lowest BCUT2D eigenvalue weighted by Crippen LogP contribution is -2.26. The molecule has 128 valence electrons. The molecule has 2 aromatic rings. The highest BCUT2D eigenvalue weighted by Crippen LogP contribution is 2.16. The van der Waals surface area contributed by atoms with E-state index in [1.807, 2.05) is 18.2 Å². The fourth-order valence-electron chi connectivity index (χ4n) is 2.06. The van der Waals surface area contributed by atoms with Crippen LogP contribution in [0.5, 0.6) is 0 Å². The molecule has 2 rings (SSSR count). The molecule has 1 heterocycles. The number of urea groups is 1. The number of anilines is 2. The number of hydrogen-bond acceptors (Lipinski definition) is 4. The molecular weight excluding hydrogens is 324 g/mol. The van der Waals surface area contributed by atoms with Gasteiger partial charge in [0.1, 0.15) is 0 Å². The van der Waals surface area contributed by atoms with Crippen LogP contribution < -0.4 is 16.0 Å². The first-order chi connectivity index (χ1) is 11.7. The summed E-state index contributed by atoms with van der Waals surface area (Å²) >= 11 is 1.30. The fraction of sp³-hybridized carbons (Fsp3) is 0.353. The Hall–Kier alpha value is -2.41. The minimum Gasteiger partial charge on any atom is -0.356 e. The zero-order valence-electron chi connectivity index (χ0n) is 13.7. The number of hydrogen-bond donors (Lipinski definition) is 3. The summed E-state index contributed by atoms with van der Waals surface area (Å²) in [6, 6.07) is 8.81. The van der Waals surface area contributed by atoms with E-state index in [1.54, 1.807) is 17.5 Å². The van der Waals surface area contributed by atoms with E-state index in [1.165, 1.54) is 11.3 Å². The third-order valence-electron chi connectivity index (χ3n) is 3.25. The zero-order valence-corrected chi connectivity index (χ0v) is 14.5. The highest BCUT2D eigenvalue weighted by molar-refractivity contribution is 7.13. The van der Waals surface area contributed by atoms with E-state index in [4.69, 9.17) is 0 Å². The van der Waals surface area contributed by atoms with Crippen LogP contribution in [0.25, 0.3) is 0 Å². The molecule has 0 aliphatic heterocycles. The Labute approximate surface area is 145 Å². The number of benzene rings is 1. The maximum absolute atomic E-state index is 11.9. The molecule has 0 radical (unpaired) electrons. The number of nitrogens with zero attached hydrogens (tertiary/aromatic N) is 1. The molecule has 3 amide bonds. The Balaban J connectivity index is 1.76. The number of para-hydroxylation sites is 1. The molecular formula is C17H22N4O2S. The van der Waals surface area contributed by atoms with Gasteiger partial charge in [-0.15, -0.1) is 11.3 Å². The Bertz CT molecular complexity index is 658. The third kappa shape index (κ3) is 6.37. The highest BCUT2D eigenvalue weighted by Gasteiger charge is 2.09. The number of unbranched alkanes of at least 4 members (excludes halogenated alkanes) is 2. The van der Waals surface area contributed by atoms with Gasteiger partial charge in [-0.3, -0.25) is 10.1 Å². The predicted octanol–water partition coefficient (Wildman–Crippen LogP) is 3.64. The van der Waals surface area contributed by atoms with E-state index in [0.29, 0.717) is 23.1 Å². The maximum atomic E-state index is 11.9. The van der Waals surface area contributed by atoms with Gasteiger partial charge in [0.05, 0.1) is 12.1 Å². The Kier molecular flexibility index (Phi) is 7.22. The van der Waals surface area contributed by atoms with Crippen LogP contribution in [0.4, 0.5) is 15.6 Å². The standard InChI is InChI=1S/C17H22N4O2S/c1-2-3-7-10-18-15(22)11-14-12-24-17(20-14)21-16(23)19-13-8-5-4-6-9-13/h4-6,8-9,12H,2-3,7,10-11H2,1H3,(H,18,22)(H2,19,20,21,23).